The highest BCUT2D eigenvalue weighted by atomic mass is 16.5. The van der Waals surface area contributed by atoms with Gasteiger partial charge in [0.25, 0.3) is 5.91 Å². The highest BCUT2D eigenvalue weighted by Gasteiger charge is 2.36. The summed E-state index contributed by atoms with van der Waals surface area (Å²) >= 11 is 0. The van der Waals surface area contributed by atoms with Crippen LogP contribution >= 0.6 is 0 Å². The first-order chi connectivity index (χ1) is 26.9. The van der Waals surface area contributed by atoms with Gasteiger partial charge in [-0.2, -0.15) is 0 Å². The van der Waals surface area contributed by atoms with Crippen LogP contribution in [-0.2, 0) is 38.6 Å². The van der Waals surface area contributed by atoms with Gasteiger partial charge < -0.3 is 34.5 Å². The lowest BCUT2D eigenvalue weighted by Gasteiger charge is -2.38. The van der Waals surface area contributed by atoms with E-state index in [2.05, 4.69) is 79.1 Å². The van der Waals surface area contributed by atoms with Gasteiger partial charge in [-0.1, -0.05) is 58.0 Å². The molecule has 0 bridgehead atoms. The summed E-state index contributed by atoms with van der Waals surface area (Å²) in [5, 5.41) is 25.2. The maximum absolute atomic E-state index is 14.0. The highest BCUT2D eigenvalue weighted by molar-refractivity contribution is 5.94. The number of hydrazine groups is 1. The molecule has 2 saturated heterocycles. The second-order valence-electron chi connectivity index (χ2n) is 15.9. The van der Waals surface area contributed by atoms with Crippen LogP contribution in [0.3, 0.4) is 0 Å². The van der Waals surface area contributed by atoms with Crippen molar-refractivity contribution in [1.29, 1.82) is 0 Å². The molecule has 13 nitrogen and oxygen atoms in total. The highest BCUT2D eigenvalue weighted by Crippen LogP contribution is 2.41. The number of nitrogens with one attached hydrogen (secondary N) is 2. The van der Waals surface area contributed by atoms with E-state index >= 15 is 0 Å². The van der Waals surface area contributed by atoms with E-state index < -0.39 is 36.2 Å². The number of fused-ring (bicyclic) bond motifs is 1. The predicted molar refractivity (Wildman–Crippen MR) is 215 cm³/mol. The smallest absolute Gasteiger partial charge is 0.408 e. The second-order valence-corrected chi connectivity index (χ2v) is 15.9. The summed E-state index contributed by atoms with van der Waals surface area (Å²) in [5.74, 6) is -1.27. The van der Waals surface area contributed by atoms with Crippen molar-refractivity contribution >= 4 is 34.6 Å². The van der Waals surface area contributed by atoms with Crippen LogP contribution in [0.1, 0.15) is 76.6 Å². The van der Waals surface area contributed by atoms with E-state index in [-0.39, 0.29) is 31.0 Å². The molecule has 4 heterocycles. The van der Waals surface area contributed by atoms with Crippen LogP contribution in [0.4, 0.5) is 10.5 Å². The molecule has 0 unspecified atom stereocenters. The van der Waals surface area contributed by atoms with Crippen molar-refractivity contribution in [2.75, 3.05) is 37.7 Å². The zero-order valence-corrected chi connectivity index (χ0v) is 33.2. The molecule has 2 aliphatic rings. The largest absolute Gasteiger partial charge is 0.480 e. The standard InChI is InChI=1S/C43H56N6O7/c1-6-48-37-17-16-30(22-33(37)34(24-43(4,5)27-50)39(48)32-14-10-18-44-38(32)28(2)3)47-20-21-55-31(25-47)23-36(40(51)49-19-11-15-35(46-49)41(52)53)45-42(54)56-26-29-12-8-7-9-13-29/h7-10,12-14,16-18,22,28,31,35-36,46,50H,6,11,15,19-21,23-27H2,1-5H3,(H,45,54)(H,52,53)/t31-,35-,36-/m0/s1. The summed E-state index contributed by atoms with van der Waals surface area (Å²) in [6.45, 7) is 13.3. The van der Waals surface area contributed by atoms with E-state index in [1.807, 2.05) is 42.6 Å². The van der Waals surface area contributed by atoms with Crippen molar-refractivity contribution in [3.8, 4) is 11.3 Å². The van der Waals surface area contributed by atoms with Gasteiger partial charge in [0.05, 0.1) is 24.1 Å². The van der Waals surface area contributed by atoms with Gasteiger partial charge in [0.15, 0.2) is 0 Å². The summed E-state index contributed by atoms with van der Waals surface area (Å²) in [5.41, 5.74) is 9.80. The van der Waals surface area contributed by atoms with E-state index in [0.717, 1.165) is 45.6 Å². The van der Waals surface area contributed by atoms with Crippen LogP contribution in [-0.4, -0.2) is 93.8 Å². The SMILES string of the molecule is CCn1c(-c2cccnc2C(C)C)c(CC(C)(C)CO)c2cc(N3CCO[C@@H](C[C@H](NC(=O)OCc4ccccc4)C(=O)N4CCC[C@@H](C(=O)O)N4)C3)ccc21. The maximum atomic E-state index is 14.0. The minimum absolute atomic E-state index is 0.0331. The Morgan fingerprint density at radius 1 is 1.09 bits per heavy atom. The number of carbonyl (C=O) groups excluding carboxylic acids is 2. The number of hydrogen-bond acceptors (Lipinski definition) is 9. The van der Waals surface area contributed by atoms with Crippen LogP contribution < -0.4 is 15.6 Å². The monoisotopic (exact) mass is 768 g/mol. The number of pyridine rings is 1. The number of aliphatic hydroxyl groups excluding tert-OH is 1. The number of ether oxygens (including phenoxy) is 2. The number of hydrogen-bond donors (Lipinski definition) is 4. The lowest BCUT2D eigenvalue weighted by atomic mass is 9.84. The van der Waals surface area contributed by atoms with Gasteiger partial charge in [-0.25, -0.2) is 10.2 Å². The zero-order chi connectivity index (χ0) is 40.0. The van der Waals surface area contributed by atoms with Crippen LogP contribution in [0.2, 0.25) is 0 Å². The molecular weight excluding hydrogens is 713 g/mol. The molecule has 3 atom stereocenters. The molecule has 0 aliphatic carbocycles. The Morgan fingerprint density at radius 2 is 1.88 bits per heavy atom. The quantitative estimate of drug-likeness (QED) is 0.122. The van der Waals surface area contributed by atoms with Crippen molar-refractivity contribution in [3.63, 3.8) is 0 Å². The minimum Gasteiger partial charge on any atom is -0.480 e. The number of anilines is 1. The summed E-state index contributed by atoms with van der Waals surface area (Å²) in [4.78, 5) is 45.9. The van der Waals surface area contributed by atoms with E-state index in [1.165, 1.54) is 10.6 Å². The molecule has 2 fully saturated rings. The summed E-state index contributed by atoms with van der Waals surface area (Å²) in [6.07, 6.45) is 2.38. The number of carbonyl (C=O) groups is 3. The van der Waals surface area contributed by atoms with Gasteiger partial charge >= 0.3 is 12.1 Å². The van der Waals surface area contributed by atoms with Gasteiger partial charge in [0, 0.05) is 67.6 Å². The molecule has 4 N–H and O–H groups in total. The van der Waals surface area contributed by atoms with E-state index in [4.69, 9.17) is 14.5 Å². The van der Waals surface area contributed by atoms with E-state index in [0.29, 0.717) is 45.5 Å². The number of aliphatic carboxylic acids is 1. The Bertz CT molecular complexity index is 2000. The molecule has 0 saturated carbocycles. The number of nitrogens with zero attached hydrogens (tertiary/aromatic N) is 4. The molecule has 2 amide bonds. The third-order valence-electron chi connectivity index (χ3n) is 10.7. The fourth-order valence-electron chi connectivity index (χ4n) is 7.84. The lowest BCUT2D eigenvalue weighted by Crippen LogP contribution is -2.60. The summed E-state index contributed by atoms with van der Waals surface area (Å²) < 4.78 is 14.1. The van der Waals surface area contributed by atoms with Crippen molar-refractivity contribution in [2.45, 2.75) is 97.6 Å². The van der Waals surface area contributed by atoms with Gasteiger partial charge in [-0.05, 0) is 79.0 Å². The Kier molecular flexibility index (Phi) is 13.0. The van der Waals surface area contributed by atoms with Gasteiger partial charge in [0.2, 0.25) is 0 Å². The average molecular weight is 769 g/mol. The van der Waals surface area contributed by atoms with Crippen LogP contribution in [0.5, 0.6) is 0 Å². The van der Waals surface area contributed by atoms with E-state index in [1.54, 1.807) is 0 Å². The number of aliphatic hydroxyl groups is 1. The minimum atomic E-state index is -1.04. The molecule has 0 radical (unpaired) electrons. The number of alkyl carbamates (subject to hydrolysis) is 1. The number of amides is 2. The normalized spacial score (nSPS) is 18.3. The molecule has 0 spiro atoms. The molecule has 4 aromatic rings. The van der Waals surface area contributed by atoms with Crippen LogP contribution in [0.15, 0.2) is 66.9 Å². The molecule has 2 aromatic carbocycles. The van der Waals surface area contributed by atoms with Gasteiger partial charge in [-0.3, -0.25) is 19.6 Å². The van der Waals surface area contributed by atoms with Crippen molar-refractivity contribution in [2.24, 2.45) is 5.41 Å². The number of aryl methyl sites for hydroxylation is 1. The van der Waals surface area contributed by atoms with Crippen molar-refractivity contribution < 1.29 is 34.1 Å². The first kappa shape index (κ1) is 40.7. The number of aromatic nitrogens is 2. The van der Waals surface area contributed by atoms with Crippen LogP contribution in [0.25, 0.3) is 22.2 Å². The number of carboxylic acid groups (broad SMARTS) is 1. The molecule has 300 valence electrons. The summed E-state index contributed by atoms with van der Waals surface area (Å²) in [6, 6.07) is 18.0. The predicted octanol–water partition coefficient (Wildman–Crippen LogP) is 5.88. The third kappa shape index (κ3) is 9.34. The van der Waals surface area contributed by atoms with Crippen molar-refractivity contribution in [1.82, 2.24) is 25.3 Å². The topological polar surface area (TPSA) is 158 Å². The molecular formula is C43H56N6O7. The van der Waals surface area contributed by atoms with E-state index in [9.17, 15) is 24.6 Å². The first-order valence-electron chi connectivity index (χ1n) is 19.7. The fraction of sp³-hybridized carbons (Fsp3) is 0.488. The average Bonchev–Trinajstić information content (AvgIpc) is 3.51. The second kappa shape index (κ2) is 17.9. The third-order valence-corrected chi connectivity index (χ3v) is 10.7. The fourth-order valence-corrected chi connectivity index (χ4v) is 7.84. The Morgan fingerprint density at radius 3 is 2.59 bits per heavy atom. The molecule has 6 rings (SSSR count). The number of carboxylic acids is 1. The van der Waals surface area contributed by atoms with Crippen molar-refractivity contribution in [3.05, 3.63) is 83.7 Å². The molecule has 13 heteroatoms. The van der Waals surface area contributed by atoms with Gasteiger partial charge in [-0.15, -0.1) is 0 Å². The number of morpholine rings is 1. The summed E-state index contributed by atoms with van der Waals surface area (Å²) in [7, 11) is 0. The Balaban J connectivity index is 1.29. The van der Waals surface area contributed by atoms with Gasteiger partial charge in [0.1, 0.15) is 18.7 Å². The Labute approximate surface area is 329 Å². The lowest BCUT2D eigenvalue weighted by molar-refractivity contribution is -0.148. The molecule has 2 aliphatic heterocycles. The maximum Gasteiger partial charge on any atom is 0.408 e. The zero-order valence-electron chi connectivity index (χ0n) is 33.2. The van der Waals surface area contributed by atoms with Crippen LogP contribution in [0, 0.1) is 5.41 Å². The molecule has 56 heavy (non-hydrogen) atoms. The number of rotatable bonds is 14. The molecule has 2 aromatic heterocycles. The Hall–Kier alpha value is -4.98. The first-order valence-corrected chi connectivity index (χ1v) is 19.7. The number of benzene rings is 2.